The number of nitrogens with zero attached hydrogens (tertiary/aromatic N) is 3. The van der Waals surface area contributed by atoms with Gasteiger partial charge in [0.15, 0.2) is 11.5 Å². The fraction of sp³-hybridized carbons (Fsp3) is 0.160. The highest BCUT2D eigenvalue weighted by Gasteiger charge is 2.15. The number of nitrogens with one attached hydrogen (secondary N) is 1. The lowest BCUT2D eigenvalue weighted by molar-refractivity contribution is -0.121. The van der Waals surface area contributed by atoms with E-state index in [9.17, 15) is 9.90 Å². The molecule has 10 heteroatoms. The van der Waals surface area contributed by atoms with Gasteiger partial charge in [0.1, 0.15) is 18.1 Å². The summed E-state index contributed by atoms with van der Waals surface area (Å²) in [6, 6.07) is 16.1. The third-order valence-electron chi connectivity index (χ3n) is 5.30. The molecule has 180 valence electrons. The van der Waals surface area contributed by atoms with Crippen molar-refractivity contribution in [2.24, 2.45) is 5.10 Å². The first-order valence-corrected chi connectivity index (χ1v) is 11.3. The number of aromatic hydroxyl groups is 1. The molecular formula is C25H22Cl2N4O4. The lowest BCUT2D eigenvalue weighted by atomic mass is 10.1. The predicted octanol–water partition coefficient (Wildman–Crippen LogP) is 4.81. The molecule has 1 amide bonds. The van der Waals surface area contributed by atoms with Crippen molar-refractivity contribution < 1.29 is 19.4 Å². The summed E-state index contributed by atoms with van der Waals surface area (Å²) >= 11 is 11.9. The van der Waals surface area contributed by atoms with Gasteiger partial charge in [0, 0.05) is 17.0 Å². The van der Waals surface area contributed by atoms with Crippen LogP contribution in [0.15, 0.2) is 59.7 Å². The number of hydrazone groups is 1. The summed E-state index contributed by atoms with van der Waals surface area (Å²) in [4.78, 5) is 17.5. The van der Waals surface area contributed by atoms with E-state index in [0.29, 0.717) is 28.8 Å². The van der Waals surface area contributed by atoms with Gasteiger partial charge in [-0.15, -0.1) is 0 Å². The zero-order chi connectivity index (χ0) is 24.9. The van der Waals surface area contributed by atoms with Crippen LogP contribution in [-0.4, -0.2) is 41.0 Å². The second-order valence-electron chi connectivity index (χ2n) is 7.59. The molecule has 0 aliphatic rings. The average molecular weight is 513 g/mol. The summed E-state index contributed by atoms with van der Waals surface area (Å²) in [6.07, 6.45) is 1.75. The Labute approximate surface area is 211 Å². The molecule has 8 nitrogen and oxygen atoms in total. The number of fused-ring (bicyclic) bond motifs is 1. The Balaban J connectivity index is 1.56. The molecule has 4 aromatic rings. The largest absolute Gasteiger partial charge is 0.506 e. The van der Waals surface area contributed by atoms with Crippen molar-refractivity contribution in [2.75, 3.05) is 14.2 Å². The summed E-state index contributed by atoms with van der Waals surface area (Å²) in [5.41, 5.74) is 5.30. The van der Waals surface area contributed by atoms with Gasteiger partial charge >= 0.3 is 0 Å². The molecule has 0 saturated carbocycles. The number of hydrogen-bond donors (Lipinski definition) is 2. The number of imidazole rings is 1. The minimum atomic E-state index is -0.370. The number of ether oxygens (including phenoxy) is 2. The lowest BCUT2D eigenvalue weighted by Crippen LogP contribution is -2.24. The van der Waals surface area contributed by atoms with E-state index in [1.807, 2.05) is 47.0 Å². The Morgan fingerprint density at radius 3 is 2.66 bits per heavy atom. The van der Waals surface area contributed by atoms with Gasteiger partial charge in [0.05, 0.1) is 36.5 Å². The monoisotopic (exact) mass is 512 g/mol. The summed E-state index contributed by atoms with van der Waals surface area (Å²) in [5, 5.41) is 14.4. The van der Waals surface area contributed by atoms with Crippen molar-refractivity contribution in [3.8, 4) is 17.2 Å². The van der Waals surface area contributed by atoms with Crippen LogP contribution in [0.3, 0.4) is 0 Å². The van der Waals surface area contributed by atoms with E-state index in [1.165, 1.54) is 18.3 Å². The van der Waals surface area contributed by atoms with Gasteiger partial charge < -0.3 is 19.1 Å². The highest BCUT2D eigenvalue weighted by atomic mass is 35.5. The summed E-state index contributed by atoms with van der Waals surface area (Å²) < 4.78 is 12.6. The summed E-state index contributed by atoms with van der Waals surface area (Å²) in [5.74, 6) is 1.41. The van der Waals surface area contributed by atoms with Crippen molar-refractivity contribution >= 4 is 46.4 Å². The zero-order valence-corrected chi connectivity index (χ0v) is 20.5. The van der Waals surface area contributed by atoms with E-state index < -0.39 is 0 Å². The first-order chi connectivity index (χ1) is 16.9. The van der Waals surface area contributed by atoms with Crippen LogP contribution in [-0.2, 0) is 17.8 Å². The number of hydrogen-bond acceptors (Lipinski definition) is 6. The van der Waals surface area contributed by atoms with Crippen molar-refractivity contribution in [3.05, 3.63) is 81.6 Å². The van der Waals surface area contributed by atoms with Crippen molar-refractivity contribution in [1.29, 1.82) is 0 Å². The van der Waals surface area contributed by atoms with Crippen molar-refractivity contribution in [1.82, 2.24) is 15.0 Å². The van der Waals surface area contributed by atoms with Crippen LogP contribution in [0.1, 0.15) is 17.0 Å². The summed E-state index contributed by atoms with van der Waals surface area (Å²) in [6.45, 7) is -0.0112. The molecule has 0 radical (unpaired) electrons. The first kappa shape index (κ1) is 24.4. The van der Waals surface area contributed by atoms with Crippen LogP contribution < -0.4 is 14.9 Å². The molecule has 1 heterocycles. The van der Waals surface area contributed by atoms with Gasteiger partial charge in [-0.25, -0.2) is 10.4 Å². The van der Waals surface area contributed by atoms with Gasteiger partial charge in [0.2, 0.25) is 0 Å². The van der Waals surface area contributed by atoms with Crippen molar-refractivity contribution in [2.45, 2.75) is 13.0 Å². The molecule has 0 unspecified atom stereocenters. The maximum Gasteiger partial charge on any atom is 0.260 e. The lowest BCUT2D eigenvalue weighted by Gasteiger charge is -2.11. The molecule has 3 aromatic carbocycles. The Morgan fingerprint density at radius 2 is 1.89 bits per heavy atom. The zero-order valence-electron chi connectivity index (χ0n) is 19.0. The van der Waals surface area contributed by atoms with E-state index in [2.05, 4.69) is 10.5 Å². The fourth-order valence-electron chi connectivity index (χ4n) is 3.65. The fourth-order valence-corrected chi connectivity index (χ4v) is 4.16. The van der Waals surface area contributed by atoms with Gasteiger partial charge in [-0.2, -0.15) is 5.10 Å². The van der Waals surface area contributed by atoms with E-state index in [4.69, 9.17) is 37.7 Å². The minimum Gasteiger partial charge on any atom is -0.506 e. The molecule has 4 rings (SSSR count). The minimum absolute atomic E-state index is 0.0112. The number of methoxy groups -OCH3 is 2. The molecular weight excluding hydrogens is 491 g/mol. The number of amides is 1. The highest BCUT2D eigenvalue weighted by Crippen LogP contribution is 2.30. The molecule has 0 atom stereocenters. The van der Waals surface area contributed by atoms with Gasteiger partial charge in [0.25, 0.3) is 5.91 Å². The second-order valence-corrected chi connectivity index (χ2v) is 8.43. The topological polar surface area (TPSA) is 98.0 Å². The maximum atomic E-state index is 12.7. The van der Waals surface area contributed by atoms with E-state index in [-0.39, 0.29) is 28.8 Å². The number of benzene rings is 3. The smallest absolute Gasteiger partial charge is 0.260 e. The van der Waals surface area contributed by atoms with Crippen LogP contribution in [0, 0.1) is 0 Å². The van der Waals surface area contributed by atoms with Gasteiger partial charge in [-0.3, -0.25) is 4.79 Å². The van der Waals surface area contributed by atoms with Crippen molar-refractivity contribution in [3.63, 3.8) is 0 Å². The van der Waals surface area contributed by atoms with E-state index in [1.54, 1.807) is 14.2 Å². The molecule has 0 saturated heterocycles. The third-order valence-corrected chi connectivity index (χ3v) is 5.80. The number of carbonyl (C=O) groups is 1. The molecule has 0 bridgehead atoms. The summed E-state index contributed by atoms with van der Waals surface area (Å²) in [7, 11) is 3.17. The van der Waals surface area contributed by atoms with Gasteiger partial charge in [-0.1, -0.05) is 41.4 Å². The average Bonchev–Trinajstić information content (AvgIpc) is 3.18. The molecule has 0 spiro atoms. The normalized spacial score (nSPS) is 11.2. The maximum absolute atomic E-state index is 12.7. The number of rotatable bonds is 8. The third kappa shape index (κ3) is 5.50. The van der Waals surface area contributed by atoms with E-state index >= 15 is 0 Å². The van der Waals surface area contributed by atoms with Crippen LogP contribution >= 0.6 is 23.2 Å². The van der Waals surface area contributed by atoms with Gasteiger partial charge in [-0.05, 0) is 42.0 Å². The Kier molecular flexibility index (Phi) is 7.43. The first-order valence-electron chi connectivity index (χ1n) is 10.5. The Morgan fingerprint density at radius 1 is 1.11 bits per heavy atom. The van der Waals surface area contributed by atoms with Crippen LogP contribution in [0.5, 0.6) is 17.2 Å². The number of aromatic nitrogens is 2. The quantitative estimate of drug-likeness (QED) is 0.261. The number of halogens is 2. The molecule has 1 aromatic heterocycles. The SMILES string of the molecule is COc1ccc(Cc2nc3ccccc3n2CC(=O)N/N=C\c2cc(Cl)cc(Cl)c2O)cc1OC. The number of phenolic OH excluding ortho intramolecular Hbond substituents is 1. The Bertz CT molecular complexity index is 1420. The molecule has 35 heavy (non-hydrogen) atoms. The highest BCUT2D eigenvalue weighted by molar-refractivity contribution is 6.36. The van der Waals surface area contributed by atoms with Crippen LogP contribution in [0.25, 0.3) is 11.0 Å². The number of carbonyl (C=O) groups excluding carboxylic acids is 1. The standard InChI is InChI=1S/C25H22Cl2N4O4/c1-34-21-8-7-15(9-22(21)35-2)10-23-29-19-5-3-4-6-20(19)31(23)14-24(32)30-28-13-16-11-17(26)12-18(27)25(16)33/h3-9,11-13,33H,10,14H2,1-2H3,(H,30,32)/b28-13-. The molecule has 0 aliphatic carbocycles. The predicted molar refractivity (Wildman–Crippen MR) is 136 cm³/mol. The molecule has 2 N–H and O–H groups in total. The number of phenols is 1. The Hall–Kier alpha value is -3.75. The molecule has 0 fully saturated rings. The van der Waals surface area contributed by atoms with E-state index in [0.717, 1.165) is 16.6 Å². The number of para-hydroxylation sites is 2. The molecule has 0 aliphatic heterocycles. The second kappa shape index (κ2) is 10.7. The van der Waals surface area contributed by atoms with Crippen LogP contribution in [0.4, 0.5) is 0 Å². The van der Waals surface area contributed by atoms with Crippen LogP contribution in [0.2, 0.25) is 10.0 Å².